The lowest BCUT2D eigenvalue weighted by Gasteiger charge is -2.18. The van der Waals surface area contributed by atoms with E-state index in [1.54, 1.807) is 0 Å². The summed E-state index contributed by atoms with van der Waals surface area (Å²) in [4.78, 5) is 10.9. The summed E-state index contributed by atoms with van der Waals surface area (Å²) in [6.45, 7) is 1.49. The van der Waals surface area contributed by atoms with Gasteiger partial charge in [0.2, 0.25) is 5.91 Å². The van der Waals surface area contributed by atoms with Gasteiger partial charge in [0.15, 0.2) is 0 Å². The minimum Gasteiger partial charge on any atom is -0.391 e. The Bertz CT molecular complexity index is 406. The maximum absolute atomic E-state index is 10.9. The highest BCUT2D eigenvalue weighted by atomic mass is 16.3. The minimum atomic E-state index is -0.264. The van der Waals surface area contributed by atoms with Gasteiger partial charge in [-0.15, -0.1) is 0 Å². The van der Waals surface area contributed by atoms with Crippen LogP contribution < -0.4 is 10.6 Å². The van der Waals surface area contributed by atoms with Gasteiger partial charge >= 0.3 is 0 Å². The monoisotopic (exact) mass is 234 g/mol. The molecule has 4 heteroatoms. The standard InChI is InChI=1S/C13H18N2O2/c1-9(16)14-10-4-2-5-11(8-10)15-12-6-3-7-13(12)17/h2,4-5,8,12-13,15,17H,3,6-7H2,1H3,(H,14,16). The van der Waals surface area contributed by atoms with Gasteiger partial charge in [0.05, 0.1) is 12.1 Å². The van der Waals surface area contributed by atoms with Crippen molar-refractivity contribution in [1.29, 1.82) is 0 Å². The molecule has 0 aliphatic heterocycles. The summed E-state index contributed by atoms with van der Waals surface area (Å²) in [6, 6.07) is 7.68. The summed E-state index contributed by atoms with van der Waals surface area (Å²) in [7, 11) is 0. The van der Waals surface area contributed by atoms with Gasteiger partial charge in [-0.3, -0.25) is 4.79 Å². The first-order valence-electron chi connectivity index (χ1n) is 5.97. The van der Waals surface area contributed by atoms with Crippen LogP contribution in [0.25, 0.3) is 0 Å². The molecular weight excluding hydrogens is 216 g/mol. The highest BCUT2D eigenvalue weighted by molar-refractivity contribution is 5.89. The SMILES string of the molecule is CC(=O)Nc1cccc(NC2CCCC2O)c1. The average molecular weight is 234 g/mol. The van der Waals surface area contributed by atoms with Crippen molar-refractivity contribution in [2.45, 2.75) is 38.3 Å². The molecule has 0 aromatic heterocycles. The van der Waals surface area contributed by atoms with Crippen molar-refractivity contribution >= 4 is 17.3 Å². The number of rotatable bonds is 3. The number of aliphatic hydroxyl groups excluding tert-OH is 1. The van der Waals surface area contributed by atoms with Crippen molar-refractivity contribution in [1.82, 2.24) is 0 Å². The van der Waals surface area contributed by atoms with Crippen molar-refractivity contribution in [3.8, 4) is 0 Å². The Kier molecular flexibility index (Phi) is 3.64. The molecule has 3 N–H and O–H groups in total. The lowest BCUT2D eigenvalue weighted by atomic mass is 10.2. The number of anilines is 2. The third kappa shape index (κ3) is 3.20. The number of hydrogen-bond acceptors (Lipinski definition) is 3. The van der Waals surface area contributed by atoms with Crippen LogP contribution in [0.2, 0.25) is 0 Å². The summed E-state index contributed by atoms with van der Waals surface area (Å²) >= 11 is 0. The minimum absolute atomic E-state index is 0.0805. The molecule has 1 aromatic carbocycles. The molecule has 1 aromatic rings. The summed E-state index contributed by atoms with van der Waals surface area (Å²) in [5.74, 6) is -0.0805. The average Bonchev–Trinajstić information content (AvgIpc) is 2.64. The van der Waals surface area contributed by atoms with Crippen LogP contribution in [-0.2, 0) is 4.79 Å². The zero-order valence-corrected chi connectivity index (χ0v) is 9.94. The first-order chi connectivity index (χ1) is 8.15. The molecule has 92 valence electrons. The topological polar surface area (TPSA) is 61.4 Å². The van der Waals surface area contributed by atoms with Gasteiger partial charge in [0, 0.05) is 18.3 Å². The molecule has 17 heavy (non-hydrogen) atoms. The summed E-state index contributed by atoms with van der Waals surface area (Å²) in [5.41, 5.74) is 1.71. The number of carbonyl (C=O) groups is 1. The number of amides is 1. The van der Waals surface area contributed by atoms with Crippen molar-refractivity contribution in [2.24, 2.45) is 0 Å². The van der Waals surface area contributed by atoms with Gasteiger partial charge in [-0.05, 0) is 37.5 Å². The predicted molar refractivity (Wildman–Crippen MR) is 68.0 cm³/mol. The number of carbonyl (C=O) groups excluding carboxylic acids is 1. The van der Waals surface area contributed by atoms with Crippen molar-refractivity contribution in [2.75, 3.05) is 10.6 Å². The van der Waals surface area contributed by atoms with Crippen LogP contribution in [0.4, 0.5) is 11.4 Å². The number of nitrogens with one attached hydrogen (secondary N) is 2. The molecule has 1 aliphatic carbocycles. The predicted octanol–water partition coefficient (Wildman–Crippen LogP) is 1.97. The zero-order valence-electron chi connectivity index (χ0n) is 9.94. The van der Waals surface area contributed by atoms with Gasteiger partial charge in [-0.2, -0.15) is 0 Å². The van der Waals surface area contributed by atoms with E-state index in [1.165, 1.54) is 6.92 Å². The summed E-state index contributed by atoms with van der Waals surface area (Å²) in [5, 5.41) is 15.8. The van der Waals surface area contributed by atoms with Crippen molar-refractivity contribution in [3.63, 3.8) is 0 Å². The molecule has 4 nitrogen and oxygen atoms in total. The summed E-state index contributed by atoms with van der Waals surface area (Å²) < 4.78 is 0. The van der Waals surface area contributed by atoms with Crippen molar-refractivity contribution in [3.05, 3.63) is 24.3 Å². The molecule has 0 saturated heterocycles. The van der Waals surface area contributed by atoms with Gasteiger partial charge in [0.25, 0.3) is 0 Å². The number of benzene rings is 1. The highest BCUT2D eigenvalue weighted by Gasteiger charge is 2.24. The molecule has 2 rings (SSSR count). The second kappa shape index (κ2) is 5.19. The Morgan fingerprint density at radius 3 is 2.76 bits per heavy atom. The molecule has 1 amide bonds. The van der Waals surface area contributed by atoms with Gasteiger partial charge < -0.3 is 15.7 Å². The van der Waals surface area contributed by atoms with Crippen LogP contribution in [-0.4, -0.2) is 23.2 Å². The lowest BCUT2D eigenvalue weighted by Crippen LogP contribution is -2.27. The van der Waals surface area contributed by atoms with Crippen LogP contribution in [0.5, 0.6) is 0 Å². The first-order valence-corrected chi connectivity index (χ1v) is 5.97. The molecule has 2 unspecified atom stereocenters. The van der Waals surface area contributed by atoms with E-state index in [0.29, 0.717) is 0 Å². The molecule has 0 heterocycles. The van der Waals surface area contributed by atoms with Crippen LogP contribution in [0.15, 0.2) is 24.3 Å². The van der Waals surface area contributed by atoms with Gasteiger partial charge in [-0.25, -0.2) is 0 Å². The Labute approximate surface area is 101 Å². The maximum atomic E-state index is 10.9. The van der Waals surface area contributed by atoms with E-state index in [4.69, 9.17) is 0 Å². The van der Waals surface area contributed by atoms with Crippen LogP contribution in [0.1, 0.15) is 26.2 Å². The fourth-order valence-corrected chi connectivity index (χ4v) is 2.21. The molecular formula is C13H18N2O2. The molecule has 1 saturated carbocycles. The van der Waals surface area contributed by atoms with E-state index >= 15 is 0 Å². The molecule has 0 spiro atoms. The normalized spacial score (nSPS) is 23.4. The Hall–Kier alpha value is -1.55. The smallest absolute Gasteiger partial charge is 0.221 e. The van der Waals surface area contributed by atoms with E-state index in [9.17, 15) is 9.90 Å². The zero-order chi connectivity index (χ0) is 12.3. The lowest BCUT2D eigenvalue weighted by molar-refractivity contribution is -0.114. The maximum Gasteiger partial charge on any atom is 0.221 e. The van der Waals surface area contributed by atoms with E-state index in [1.807, 2.05) is 24.3 Å². The quantitative estimate of drug-likeness (QED) is 0.749. The number of hydrogen-bond donors (Lipinski definition) is 3. The van der Waals surface area contributed by atoms with Crippen LogP contribution in [0.3, 0.4) is 0 Å². The van der Waals surface area contributed by atoms with Crippen LogP contribution >= 0.6 is 0 Å². The highest BCUT2D eigenvalue weighted by Crippen LogP contribution is 2.24. The van der Waals surface area contributed by atoms with Gasteiger partial charge in [-0.1, -0.05) is 6.07 Å². The van der Waals surface area contributed by atoms with E-state index in [-0.39, 0.29) is 18.1 Å². The van der Waals surface area contributed by atoms with Gasteiger partial charge in [0.1, 0.15) is 0 Å². The fraction of sp³-hybridized carbons (Fsp3) is 0.462. The molecule has 0 radical (unpaired) electrons. The second-order valence-electron chi connectivity index (χ2n) is 4.51. The third-order valence-electron chi connectivity index (χ3n) is 3.01. The Morgan fingerprint density at radius 1 is 1.35 bits per heavy atom. The Balaban J connectivity index is 2.03. The molecule has 1 fully saturated rings. The van der Waals surface area contributed by atoms with E-state index in [2.05, 4.69) is 10.6 Å². The van der Waals surface area contributed by atoms with Crippen molar-refractivity contribution < 1.29 is 9.90 Å². The third-order valence-corrected chi connectivity index (χ3v) is 3.01. The fourth-order valence-electron chi connectivity index (χ4n) is 2.21. The molecule has 1 aliphatic rings. The molecule has 2 atom stereocenters. The van der Waals surface area contributed by atoms with Crippen LogP contribution in [0, 0.1) is 0 Å². The second-order valence-corrected chi connectivity index (χ2v) is 4.51. The van der Waals surface area contributed by atoms with E-state index in [0.717, 1.165) is 30.6 Å². The first kappa shape index (κ1) is 11.9. The van der Waals surface area contributed by atoms with E-state index < -0.39 is 0 Å². The number of aliphatic hydroxyl groups is 1. The summed E-state index contributed by atoms with van der Waals surface area (Å²) in [6.07, 6.45) is 2.65. The largest absolute Gasteiger partial charge is 0.391 e. The molecule has 0 bridgehead atoms. The Morgan fingerprint density at radius 2 is 2.12 bits per heavy atom.